The van der Waals surface area contributed by atoms with E-state index in [1.807, 2.05) is 6.07 Å². The second-order valence-electron chi connectivity index (χ2n) is 6.36. The smallest absolute Gasteiger partial charge is 0.308 e. The Morgan fingerprint density at radius 1 is 1.00 bits per heavy atom. The van der Waals surface area contributed by atoms with Gasteiger partial charge in [0.25, 0.3) is 0 Å². The van der Waals surface area contributed by atoms with Crippen molar-refractivity contribution < 1.29 is 28.2 Å². The van der Waals surface area contributed by atoms with Gasteiger partial charge in [0.05, 0.1) is 0 Å². The van der Waals surface area contributed by atoms with Gasteiger partial charge in [-0.1, -0.05) is 15.9 Å². The molecule has 0 saturated heterocycles. The van der Waals surface area contributed by atoms with E-state index in [2.05, 4.69) is 15.9 Å². The quantitative estimate of drug-likeness (QED) is 0.403. The van der Waals surface area contributed by atoms with Crippen molar-refractivity contribution in [3.8, 4) is 28.4 Å². The fraction of sp³-hybridized carbons (Fsp3) is 0.143. The zero-order valence-electron chi connectivity index (χ0n) is 15.0. The monoisotopic (exact) mass is 444 g/mol. The Kier molecular flexibility index (Phi) is 4.55. The van der Waals surface area contributed by atoms with Gasteiger partial charge in [-0.05, 0) is 42.0 Å². The fourth-order valence-corrected chi connectivity index (χ4v) is 3.82. The number of ether oxygens (including phenoxy) is 3. The summed E-state index contributed by atoms with van der Waals surface area (Å²) < 4.78 is 31.2. The molecule has 0 bridgehead atoms. The topological polar surface area (TPSA) is 61.8 Å². The second kappa shape index (κ2) is 6.91. The number of fused-ring (bicyclic) bond motifs is 5. The van der Waals surface area contributed by atoms with Crippen molar-refractivity contribution in [2.45, 2.75) is 20.5 Å². The Morgan fingerprint density at radius 2 is 1.75 bits per heavy atom. The zero-order valence-corrected chi connectivity index (χ0v) is 16.6. The van der Waals surface area contributed by atoms with Crippen molar-refractivity contribution in [2.24, 2.45) is 0 Å². The number of rotatable bonds is 2. The lowest BCUT2D eigenvalue weighted by Gasteiger charge is -2.24. The average molecular weight is 445 g/mol. The Balaban J connectivity index is 1.87. The number of benzene rings is 3. The molecule has 0 saturated carbocycles. The maximum absolute atomic E-state index is 14.4. The van der Waals surface area contributed by atoms with Gasteiger partial charge >= 0.3 is 11.9 Å². The Bertz CT molecular complexity index is 1160. The van der Waals surface area contributed by atoms with E-state index in [1.54, 1.807) is 18.2 Å². The van der Waals surface area contributed by atoms with E-state index in [0.29, 0.717) is 28.2 Å². The van der Waals surface area contributed by atoms with Crippen molar-refractivity contribution in [1.29, 1.82) is 0 Å². The van der Waals surface area contributed by atoms with E-state index in [-0.39, 0.29) is 12.4 Å². The van der Waals surface area contributed by atoms with Crippen LogP contribution in [0.2, 0.25) is 0 Å². The molecule has 142 valence electrons. The van der Waals surface area contributed by atoms with E-state index in [4.69, 9.17) is 14.2 Å². The van der Waals surface area contributed by atoms with Crippen LogP contribution in [0, 0.1) is 5.82 Å². The normalized spacial score (nSPS) is 12.0. The molecule has 0 aromatic heterocycles. The molecule has 0 N–H and O–H groups in total. The lowest BCUT2D eigenvalue weighted by Crippen LogP contribution is -2.09. The highest BCUT2D eigenvalue weighted by Gasteiger charge is 2.24. The molecule has 3 aromatic rings. The summed E-state index contributed by atoms with van der Waals surface area (Å²) in [7, 11) is 0. The predicted molar refractivity (Wildman–Crippen MR) is 104 cm³/mol. The number of hydrogen-bond acceptors (Lipinski definition) is 5. The summed E-state index contributed by atoms with van der Waals surface area (Å²) in [5, 5.41) is 1.60. The molecular weight excluding hydrogens is 431 g/mol. The van der Waals surface area contributed by atoms with E-state index in [0.717, 1.165) is 15.2 Å². The molecule has 0 atom stereocenters. The first-order valence-electron chi connectivity index (χ1n) is 8.42. The maximum atomic E-state index is 14.4. The Labute approximate surface area is 168 Å². The molecule has 0 unspecified atom stereocenters. The highest BCUT2D eigenvalue weighted by Crippen LogP contribution is 2.46. The van der Waals surface area contributed by atoms with Gasteiger partial charge in [0.15, 0.2) is 11.6 Å². The van der Waals surface area contributed by atoms with E-state index >= 15 is 0 Å². The molecule has 0 spiro atoms. The van der Waals surface area contributed by atoms with Gasteiger partial charge in [-0.25, -0.2) is 4.39 Å². The first-order valence-corrected chi connectivity index (χ1v) is 9.21. The summed E-state index contributed by atoms with van der Waals surface area (Å²) >= 11 is 3.53. The minimum atomic E-state index is -0.622. The standard InChI is InChI=1S/C21H14BrFO5/c1-10(24)27-13-3-4-14-16(6-13)18(22)7-17-15-8-19(23)20(28-11(2)25)5-12(15)9-26-21(14)17/h3-8H,9H2,1-2H3. The molecule has 1 aliphatic rings. The first-order chi connectivity index (χ1) is 13.3. The number of carbonyl (C=O) groups excluding carboxylic acids is 2. The Morgan fingerprint density at radius 3 is 2.46 bits per heavy atom. The molecule has 0 amide bonds. The molecule has 3 aromatic carbocycles. The molecule has 7 heteroatoms. The van der Waals surface area contributed by atoms with Crippen LogP contribution in [0.15, 0.2) is 40.9 Å². The maximum Gasteiger partial charge on any atom is 0.308 e. The minimum Gasteiger partial charge on any atom is -0.488 e. The number of hydrogen-bond donors (Lipinski definition) is 0. The van der Waals surface area contributed by atoms with E-state index < -0.39 is 17.8 Å². The van der Waals surface area contributed by atoms with Crippen molar-refractivity contribution in [3.05, 3.63) is 52.3 Å². The van der Waals surface area contributed by atoms with Crippen molar-refractivity contribution in [3.63, 3.8) is 0 Å². The zero-order chi connectivity index (χ0) is 20.0. The van der Waals surface area contributed by atoms with Crippen LogP contribution < -0.4 is 14.2 Å². The van der Waals surface area contributed by atoms with Gasteiger partial charge in [0.2, 0.25) is 0 Å². The van der Waals surface area contributed by atoms with Crippen LogP contribution in [0.25, 0.3) is 21.9 Å². The molecular formula is C21H14BrFO5. The largest absolute Gasteiger partial charge is 0.488 e. The van der Waals surface area contributed by atoms with Crippen LogP contribution in [0.1, 0.15) is 19.4 Å². The predicted octanol–water partition coefficient (Wildman–Crippen LogP) is 5.15. The lowest BCUT2D eigenvalue weighted by atomic mass is 9.93. The van der Waals surface area contributed by atoms with Crippen molar-refractivity contribution in [1.82, 2.24) is 0 Å². The Hall–Kier alpha value is -2.93. The van der Waals surface area contributed by atoms with Crippen LogP contribution in [-0.2, 0) is 16.2 Å². The summed E-state index contributed by atoms with van der Waals surface area (Å²) in [6.45, 7) is 2.77. The third-order valence-corrected chi connectivity index (χ3v) is 5.00. The molecule has 0 radical (unpaired) electrons. The van der Waals surface area contributed by atoms with Crippen LogP contribution >= 0.6 is 15.9 Å². The van der Waals surface area contributed by atoms with Gasteiger partial charge < -0.3 is 14.2 Å². The molecule has 1 aliphatic heterocycles. The third kappa shape index (κ3) is 3.22. The SMILES string of the molecule is CC(=O)Oc1ccc2c3c(cc(Br)c2c1)-c1cc(F)c(OC(C)=O)cc1CO3. The molecule has 4 rings (SSSR count). The van der Waals surface area contributed by atoms with Gasteiger partial charge in [0, 0.05) is 40.2 Å². The first kappa shape index (κ1) is 18.4. The fourth-order valence-electron chi connectivity index (χ4n) is 3.27. The molecule has 0 fully saturated rings. The summed E-state index contributed by atoms with van der Waals surface area (Å²) in [6, 6.07) is 9.88. The molecule has 1 heterocycles. The number of halogens is 2. The summed E-state index contributed by atoms with van der Waals surface area (Å²) in [5.41, 5.74) is 2.10. The highest BCUT2D eigenvalue weighted by atomic mass is 79.9. The van der Waals surface area contributed by atoms with E-state index in [9.17, 15) is 14.0 Å². The van der Waals surface area contributed by atoms with Gasteiger partial charge in [0.1, 0.15) is 18.1 Å². The lowest BCUT2D eigenvalue weighted by molar-refractivity contribution is -0.132. The highest BCUT2D eigenvalue weighted by molar-refractivity contribution is 9.10. The van der Waals surface area contributed by atoms with Crippen LogP contribution in [0.4, 0.5) is 4.39 Å². The summed E-state index contributed by atoms with van der Waals surface area (Å²) in [6.07, 6.45) is 0. The van der Waals surface area contributed by atoms with Crippen LogP contribution in [0.5, 0.6) is 17.2 Å². The second-order valence-corrected chi connectivity index (χ2v) is 7.21. The van der Waals surface area contributed by atoms with Crippen LogP contribution in [-0.4, -0.2) is 11.9 Å². The minimum absolute atomic E-state index is 0.121. The number of esters is 2. The van der Waals surface area contributed by atoms with E-state index in [1.165, 1.54) is 26.0 Å². The van der Waals surface area contributed by atoms with Gasteiger partial charge in [-0.15, -0.1) is 0 Å². The van der Waals surface area contributed by atoms with Gasteiger partial charge in [-0.2, -0.15) is 0 Å². The number of carbonyl (C=O) groups is 2. The summed E-state index contributed by atoms with van der Waals surface area (Å²) in [5.74, 6) is -0.702. The third-order valence-electron chi connectivity index (χ3n) is 4.34. The van der Waals surface area contributed by atoms with Gasteiger partial charge in [-0.3, -0.25) is 9.59 Å². The van der Waals surface area contributed by atoms with Crippen molar-refractivity contribution >= 4 is 38.6 Å². The molecule has 28 heavy (non-hydrogen) atoms. The van der Waals surface area contributed by atoms with Crippen molar-refractivity contribution in [2.75, 3.05) is 0 Å². The molecule has 0 aliphatic carbocycles. The average Bonchev–Trinajstić information content (AvgIpc) is 2.62. The summed E-state index contributed by atoms with van der Waals surface area (Å²) in [4.78, 5) is 22.4. The molecule has 5 nitrogen and oxygen atoms in total. The van der Waals surface area contributed by atoms with Crippen LogP contribution in [0.3, 0.4) is 0 Å².